The van der Waals surface area contributed by atoms with E-state index in [-0.39, 0.29) is 23.8 Å². The molecule has 3 rings (SSSR count). The minimum absolute atomic E-state index is 0.0107. The largest absolute Gasteiger partial charge is 0.347 e. The molecule has 3 heterocycles. The highest BCUT2D eigenvalue weighted by Gasteiger charge is 2.49. The molecule has 6 heteroatoms. The average Bonchev–Trinajstić information content (AvgIpc) is 2.85. The van der Waals surface area contributed by atoms with E-state index in [4.69, 9.17) is 0 Å². The molecule has 2 aliphatic heterocycles. The third kappa shape index (κ3) is 3.43. The van der Waals surface area contributed by atoms with Crippen molar-refractivity contribution in [2.24, 2.45) is 5.41 Å². The summed E-state index contributed by atoms with van der Waals surface area (Å²) in [5.74, 6) is 0.150. The Morgan fingerprint density at radius 1 is 1.33 bits per heavy atom. The van der Waals surface area contributed by atoms with Crippen LogP contribution >= 0.6 is 0 Å². The van der Waals surface area contributed by atoms with Gasteiger partial charge in [0.1, 0.15) is 0 Å². The van der Waals surface area contributed by atoms with Crippen molar-refractivity contribution in [1.29, 1.82) is 0 Å². The van der Waals surface area contributed by atoms with Gasteiger partial charge in [0.2, 0.25) is 11.8 Å². The van der Waals surface area contributed by atoms with Crippen LogP contribution in [0.1, 0.15) is 24.8 Å². The number of amides is 2. The Balaban J connectivity index is 1.65. The molecule has 1 aromatic heterocycles. The molecular formula is C18H26N4O2. The first-order valence-corrected chi connectivity index (χ1v) is 8.61. The second kappa shape index (κ2) is 6.89. The molecule has 2 amide bonds. The summed E-state index contributed by atoms with van der Waals surface area (Å²) >= 11 is 0. The lowest BCUT2D eigenvalue weighted by Crippen LogP contribution is -2.48. The molecule has 0 radical (unpaired) electrons. The predicted octanol–water partition coefficient (Wildman–Crippen LogP) is 0.984. The Bertz CT molecular complexity index is 604. The number of hydrogen-bond donors (Lipinski definition) is 0. The zero-order valence-electron chi connectivity index (χ0n) is 14.6. The maximum Gasteiger partial charge on any atom is 0.241 e. The van der Waals surface area contributed by atoms with E-state index in [2.05, 4.69) is 16.0 Å². The van der Waals surface area contributed by atoms with Gasteiger partial charge >= 0.3 is 0 Å². The lowest BCUT2D eigenvalue weighted by Gasteiger charge is -2.39. The molecule has 2 aliphatic rings. The summed E-state index contributed by atoms with van der Waals surface area (Å²) in [7, 11) is 3.46. The highest BCUT2D eigenvalue weighted by Crippen LogP contribution is 2.40. The summed E-state index contributed by atoms with van der Waals surface area (Å²) in [4.78, 5) is 34.7. The van der Waals surface area contributed by atoms with Gasteiger partial charge in [0.05, 0.1) is 12.0 Å². The summed E-state index contributed by atoms with van der Waals surface area (Å²) < 4.78 is 0. The maximum atomic E-state index is 13.0. The standard InChI is InChI=1S/C18H26N4O2/c1-20(2)16(23)13-22-10-7-18(17(22)24)6-4-9-21(14-18)12-15-5-3-8-19-11-15/h3,5,8,11H,4,6-7,9-10,12-14H2,1-2H3/t18-/m0/s1. The first-order valence-electron chi connectivity index (χ1n) is 8.61. The maximum absolute atomic E-state index is 13.0. The number of rotatable bonds is 4. The third-order valence-electron chi connectivity index (χ3n) is 5.21. The van der Waals surface area contributed by atoms with Crippen LogP contribution in [0.25, 0.3) is 0 Å². The Kier molecular flexibility index (Phi) is 4.85. The van der Waals surface area contributed by atoms with Crippen molar-refractivity contribution in [3.8, 4) is 0 Å². The second-order valence-corrected chi connectivity index (χ2v) is 7.22. The van der Waals surface area contributed by atoms with Crippen molar-refractivity contribution in [1.82, 2.24) is 19.7 Å². The summed E-state index contributed by atoms with van der Waals surface area (Å²) in [6, 6.07) is 4.02. The topological polar surface area (TPSA) is 56.8 Å². The molecule has 0 aliphatic carbocycles. The van der Waals surface area contributed by atoms with Gasteiger partial charge in [-0.2, -0.15) is 0 Å². The second-order valence-electron chi connectivity index (χ2n) is 7.22. The molecule has 0 bridgehead atoms. The fraction of sp³-hybridized carbons (Fsp3) is 0.611. The van der Waals surface area contributed by atoms with E-state index in [1.165, 1.54) is 5.56 Å². The van der Waals surface area contributed by atoms with Gasteiger partial charge in [-0.05, 0) is 37.4 Å². The van der Waals surface area contributed by atoms with Crippen LogP contribution < -0.4 is 0 Å². The smallest absolute Gasteiger partial charge is 0.241 e. The number of likely N-dealkylation sites (N-methyl/N-ethyl adjacent to an activating group) is 1. The molecule has 1 spiro atoms. The third-order valence-corrected chi connectivity index (χ3v) is 5.21. The van der Waals surface area contributed by atoms with Gasteiger partial charge in [0, 0.05) is 46.1 Å². The van der Waals surface area contributed by atoms with Crippen molar-refractivity contribution < 1.29 is 9.59 Å². The van der Waals surface area contributed by atoms with E-state index in [0.717, 1.165) is 38.9 Å². The number of likely N-dealkylation sites (tertiary alicyclic amines) is 2. The van der Waals surface area contributed by atoms with Crippen LogP contribution in [-0.2, 0) is 16.1 Å². The average molecular weight is 330 g/mol. The van der Waals surface area contributed by atoms with Crippen molar-refractivity contribution in [2.45, 2.75) is 25.8 Å². The van der Waals surface area contributed by atoms with Gasteiger partial charge in [-0.1, -0.05) is 6.07 Å². The van der Waals surface area contributed by atoms with Crippen molar-refractivity contribution in [3.63, 3.8) is 0 Å². The molecule has 6 nitrogen and oxygen atoms in total. The number of aromatic nitrogens is 1. The Morgan fingerprint density at radius 3 is 2.88 bits per heavy atom. The van der Waals surface area contributed by atoms with Crippen molar-refractivity contribution in [2.75, 3.05) is 40.3 Å². The number of nitrogens with zero attached hydrogens (tertiary/aromatic N) is 4. The van der Waals surface area contributed by atoms with Gasteiger partial charge in [-0.3, -0.25) is 19.5 Å². The SMILES string of the molecule is CN(C)C(=O)CN1CC[C@]2(CCCN(Cc3cccnc3)C2)C1=O. The number of pyridine rings is 1. The van der Waals surface area contributed by atoms with E-state index in [9.17, 15) is 9.59 Å². The van der Waals surface area contributed by atoms with E-state index < -0.39 is 0 Å². The van der Waals surface area contributed by atoms with E-state index in [1.807, 2.05) is 12.3 Å². The minimum Gasteiger partial charge on any atom is -0.347 e. The number of piperidine rings is 1. The van der Waals surface area contributed by atoms with E-state index >= 15 is 0 Å². The highest BCUT2D eigenvalue weighted by molar-refractivity contribution is 5.89. The molecule has 24 heavy (non-hydrogen) atoms. The summed E-state index contributed by atoms with van der Waals surface area (Å²) in [6.07, 6.45) is 6.49. The normalized spacial score (nSPS) is 24.6. The van der Waals surface area contributed by atoms with Gasteiger partial charge in [-0.15, -0.1) is 0 Å². The molecule has 0 N–H and O–H groups in total. The van der Waals surface area contributed by atoms with Gasteiger partial charge < -0.3 is 9.80 Å². The molecule has 2 fully saturated rings. The van der Waals surface area contributed by atoms with Crippen LogP contribution in [0, 0.1) is 5.41 Å². The van der Waals surface area contributed by atoms with Crippen LogP contribution in [0.15, 0.2) is 24.5 Å². The van der Waals surface area contributed by atoms with Gasteiger partial charge in [0.15, 0.2) is 0 Å². The molecule has 0 aromatic carbocycles. The Hall–Kier alpha value is -1.95. The van der Waals surface area contributed by atoms with E-state index in [0.29, 0.717) is 6.54 Å². The number of carbonyl (C=O) groups is 2. The first kappa shape index (κ1) is 16.9. The number of hydrogen-bond acceptors (Lipinski definition) is 4. The molecule has 0 saturated carbocycles. The summed E-state index contributed by atoms with van der Waals surface area (Å²) in [5.41, 5.74) is 0.882. The molecule has 1 aromatic rings. The monoisotopic (exact) mass is 330 g/mol. The lowest BCUT2D eigenvalue weighted by atomic mass is 9.78. The molecule has 1 atom stereocenters. The van der Waals surface area contributed by atoms with Crippen LogP contribution in [0.2, 0.25) is 0 Å². The first-order chi connectivity index (χ1) is 11.5. The molecule has 130 valence electrons. The lowest BCUT2D eigenvalue weighted by molar-refractivity contribution is -0.143. The quantitative estimate of drug-likeness (QED) is 0.826. The van der Waals surface area contributed by atoms with E-state index in [1.54, 1.807) is 30.1 Å². The van der Waals surface area contributed by atoms with Crippen LogP contribution in [0.3, 0.4) is 0 Å². The summed E-state index contributed by atoms with van der Waals surface area (Å²) in [6.45, 7) is 3.53. The zero-order chi connectivity index (χ0) is 17.2. The zero-order valence-corrected chi connectivity index (χ0v) is 14.6. The minimum atomic E-state index is -0.299. The van der Waals surface area contributed by atoms with Gasteiger partial charge in [-0.25, -0.2) is 0 Å². The molecular weight excluding hydrogens is 304 g/mol. The highest BCUT2D eigenvalue weighted by atomic mass is 16.2. The Labute approximate surface area is 143 Å². The Morgan fingerprint density at radius 2 is 2.17 bits per heavy atom. The number of carbonyl (C=O) groups excluding carboxylic acids is 2. The fourth-order valence-corrected chi connectivity index (χ4v) is 3.84. The van der Waals surface area contributed by atoms with Crippen LogP contribution in [0.4, 0.5) is 0 Å². The predicted molar refractivity (Wildman–Crippen MR) is 91.1 cm³/mol. The van der Waals surface area contributed by atoms with Gasteiger partial charge in [0.25, 0.3) is 0 Å². The molecule has 2 saturated heterocycles. The van der Waals surface area contributed by atoms with Crippen molar-refractivity contribution >= 4 is 11.8 Å². The van der Waals surface area contributed by atoms with Crippen LogP contribution in [-0.4, -0.2) is 71.8 Å². The fourth-order valence-electron chi connectivity index (χ4n) is 3.84. The summed E-state index contributed by atoms with van der Waals surface area (Å²) in [5, 5.41) is 0. The van der Waals surface area contributed by atoms with Crippen LogP contribution in [0.5, 0.6) is 0 Å². The molecule has 0 unspecified atom stereocenters. The van der Waals surface area contributed by atoms with Crippen molar-refractivity contribution in [3.05, 3.63) is 30.1 Å².